The number of nitrogens with zero attached hydrogens (tertiary/aromatic N) is 2. The Bertz CT molecular complexity index is 516. The van der Waals surface area contributed by atoms with Gasteiger partial charge in [0, 0.05) is 33.8 Å². The van der Waals surface area contributed by atoms with Crippen LogP contribution in [0.15, 0.2) is 16.8 Å². The lowest BCUT2D eigenvalue weighted by Crippen LogP contribution is -2.47. The summed E-state index contributed by atoms with van der Waals surface area (Å²) in [6.07, 6.45) is 1.69. The molecule has 5 nitrogen and oxygen atoms in total. The predicted molar refractivity (Wildman–Crippen MR) is 86.0 cm³/mol. The van der Waals surface area contributed by atoms with Crippen LogP contribution < -0.4 is 0 Å². The Morgan fingerprint density at radius 2 is 2.33 bits per heavy atom. The van der Waals surface area contributed by atoms with Gasteiger partial charge in [0.25, 0.3) is 0 Å². The zero-order valence-corrected chi connectivity index (χ0v) is 14.3. The molecule has 1 fully saturated rings. The summed E-state index contributed by atoms with van der Waals surface area (Å²) in [5.74, 6) is 0. The molecule has 0 N–H and O–H groups in total. The molecule has 1 saturated heterocycles. The first-order valence-electron chi connectivity index (χ1n) is 7.21. The lowest BCUT2D eigenvalue weighted by Gasteiger charge is -2.34. The van der Waals surface area contributed by atoms with Gasteiger partial charge in [0.2, 0.25) is 10.0 Å². The second-order valence-corrected chi connectivity index (χ2v) is 8.59. The molecule has 1 atom stereocenters. The minimum Gasteiger partial charge on any atom is -0.383 e. The summed E-state index contributed by atoms with van der Waals surface area (Å²) < 4.78 is 31.6. The molecule has 1 aromatic heterocycles. The van der Waals surface area contributed by atoms with Gasteiger partial charge >= 0.3 is 0 Å². The number of hydrogen-bond donors (Lipinski definition) is 0. The highest BCUT2D eigenvalue weighted by molar-refractivity contribution is 7.89. The van der Waals surface area contributed by atoms with E-state index in [1.807, 2.05) is 0 Å². The molecule has 0 aromatic carbocycles. The molecule has 0 radical (unpaired) electrons. The summed E-state index contributed by atoms with van der Waals surface area (Å²) in [7, 11) is 0.000142. The first-order chi connectivity index (χ1) is 10.0. The van der Waals surface area contributed by atoms with E-state index in [-0.39, 0.29) is 5.25 Å². The molecule has 2 heterocycles. The molecule has 7 heteroatoms. The van der Waals surface area contributed by atoms with E-state index in [1.165, 1.54) is 9.87 Å². The number of likely N-dealkylation sites (tertiary alicyclic amines) is 1. The fourth-order valence-corrected chi connectivity index (χ4v) is 5.00. The number of ether oxygens (including phenoxy) is 1. The lowest BCUT2D eigenvalue weighted by atomic mass is 10.1. The van der Waals surface area contributed by atoms with Gasteiger partial charge in [-0.05, 0) is 41.8 Å². The van der Waals surface area contributed by atoms with Crippen molar-refractivity contribution in [1.29, 1.82) is 0 Å². The van der Waals surface area contributed by atoms with E-state index in [1.54, 1.807) is 25.5 Å². The molecule has 1 aromatic rings. The van der Waals surface area contributed by atoms with Crippen LogP contribution >= 0.6 is 11.3 Å². The molecule has 1 aliphatic rings. The van der Waals surface area contributed by atoms with Gasteiger partial charge in [-0.3, -0.25) is 4.90 Å². The van der Waals surface area contributed by atoms with Crippen molar-refractivity contribution >= 4 is 21.4 Å². The van der Waals surface area contributed by atoms with Crippen LogP contribution in [0.25, 0.3) is 0 Å². The fourth-order valence-electron chi connectivity index (χ4n) is 2.64. The van der Waals surface area contributed by atoms with Crippen LogP contribution in [-0.2, 0) is 21.3 Å². The van der Waals surface area contributed by atoms with Crippen molar-refractivity contribution in [2.24, 2.45) is 0 Å². The van der Waals surface area contributed by atoms with E-state index in [2.05, 4.69) is 21.7 Å². The Morgan fingerprint density at radius 3 is 3.00 bits per heavy atom. The molecule has 0 amide bonds. The second-order valence-electron chi connectivity index (χ2n) is 5.49. The molecule has 2 rings (SSSR count). The molecule has 0 bridgehead atoms. The maximum Gasteiger partial charge on any atom is 0.218 e. The smallest absolute Gasteiger partial charge is 0.218 e. The lowest BCUT2D eigenvalue weighted by molar-refractivity contribution is 0.182. The van der Waals surface area contributed by atoms with Crippen LogP contribution in [0.2, 0.25) is 0 Å². The summed E-state index contributed by atoms with van der Waals surface area (Å²) in [6.45, 7) is 3.29. The number of rotatable bonds is 7. The quantitative estimate of drug-likeness (QED) is 0.761. The minimum atomic E-state index is -3.23. The molecule has 1 aliphatic heterocycles. The molecule has 120 valence electrons. The summed E-state index contributed by atoms with van der Waals surface area (Å²) in [4.78, 5) is 2.25. The maximum absolute atomic E-state index is 12.6. The van der Waals surface area contributed by atoms with Crippen LogP contribution in [0.1, 0.15) is 18.4 Å². The van der Waals surface area contributed by atoms with E-state index in [0.29, 0.717) is 19.7 Å². The van der Waals surface area contributed by atoms with E-state index in [9.17, 15) is 8.42 Å². The predicted octanol–water partition coefficient (Wildman–Crippen LogP) is 1.62. The van der Waals surface area contributed by atoms with Crippen LogP contribution in [0.3, 0.4) is 0 Å². The third kappa shape index (κ3) is 4.50. The Morgan fingerprint density at radius 1 is 1.52 bits per heavy atom. The Kier molecular flexibility index (Phi) is 6.19. The Balaban J connectivity index is 1.96. The van der Waals surface area contributed by atoms with Crippen LogP contribution in [0.4, 0.5) is 0 Å². The Hall–Kier alpha value is -0.470. The zero-order valence-electron chi connectivity index (χ0n) is 12.7. The molecular formula is C14H24N2O3S2. The van der Waals surface area contributed by atoms with Gasteiger partial charge < -0.3 is 4.74 Å². The fraction of sp³-hybridized carbons (Fsp3) is 0.714. The van der Waals surface area contributed by atoms with Gasteiger partial charge in [-0.1, -0.05) is 0 Å². The van der Waals surface area contributed by atoms with Gasteiger partial charge in [-0.15, -0.1) is 0 Å². The van der Waals surface area contributed by atoms with Crippen LogP contribution in [0.5, 0.6) is 0 Å². The van der Waals surface area contributed by atoms with Gasteiger partial charge in [-0.2, -0.15) is 11.3 Å². The van der Waals surface area contributed by atoms with Gasteiger partial charge in [0.05, 0.1) is 11.9 Å². The molecule has 0 saturated carbocycles. The average molecular weight is 332 g/mol. The number of thiophene rings is 1. The van der Waals surface area contributed by atoms with Crippen molar-refractivity contribution in [3.63, 3.8) is 0 Å². The SMILES string of the molecule is COCCN(C)S(=O)(=O)C1CCCN(Cc2ccsc2)C1. The number of methoxy groups -OCH3 is 1. The average Bonchev–Trinajstić information content (AvgIpc) is 2.97. The summed E-state index contributed by atoms with van der Waals surface area (Å²) in [6, 6.07) is 2.10. The van der Waals surface area contributed by atoms with Gasteiger partial charge in [0.15, 0.2) is 0 Å². The first-order valence-corrected chi connectivity index (χ1v) is 9.66. The van der Waals surface area contributed by atoms with E-state index in [0.717, 1.165) is 25.9 Å². The third-order valence-corrected chi connectivity index (χ3v) is 6.93. The maximum atomic E-state index is 12.6. The standard InChI is InChI=1S/C14H24N2O3S2/c1-15(7-8-19-2)21(17,18)14-4-3-6-16(11-14)10-13-5-9-20-12-13/h5,9,12,14H,3-4,6-8,10-11H2,1-2H3. The monoisotopic (exact) mass is 332 g/mol. The van der Waals surface area contributed by atoms with E-state index in [4.69, 9.17) is 4.74 Å². The highest BCUT2D eigenvalue weighted by Gasteiger charge is 2.33. The summed E-state index contributed by atoms with van der Waals surface area (Å²) in [5, 5.41) is 3.89. The molecule has 21 heavy (non-hydrogen) atoms. The van der Waals surface area contributed by atoms with Gasteiger partial charge in [0.1, 0.15) is 0 Å². The molecule has 0 aliphatic carbocycles. The van der Waals surface area contributed by atoms with E-state index >= 15 is 0 Å². The largest absolute Gasteiger partial charge is 0.383 e. The topological polar surface area (TPSA) is 49.9 Å². The number of piperidine rings is 1. The molecular weight excluding hydrogens is 308 g/mol. The van der Waals surface area contributed by atoms with Crippen molar-refractivity contribution in [2.45, 2.75) is 24.6 Å². The highest BCUT2D eigenvalue weighted by Crippen LogP contribution is 2.21. The number of likely N-dealkylation sites (N-methyl/N-ethyl adjacent to an activating group) is 1. The highest BCUT2D eigenvalue weighted by atomic mass is 32.2. The first kappa shape index (κ1) is 16.9. The van der Waals surface area contributed by atoms with Crippen molar-refractivity contribution < 1.29 is 13.2 Å². The van der Waals surface area contributed by atoms with Gasteiger partial charge in [-0.25, -0.2) is 12.7 Å². The zero-order chi connectivity index (χ0) is 15.3. The molecule has 1 unspecified atom stereocenters. The summed E-state index contributed by atoms with van der Waals surface area (Å²) in [5.41, 5.74) is 1.27. The van der Waals surface area contributed by atoms with Crippen molar-refractivity contribution in [3.05, 3.63) is 22.4 Å². The minimum absolute atomic E-state index is 0.299. The summed E-state index contributed by atoms with van der Waals surface area (Å²) >= 11 is 1.68. The van der Waals surface area contributed by atoms with Crippen molar-refractivity contribution in [2.75, 3.05) is 40.4 Å². The van der Waals surface area contributed by atoms with Crippen LogP contribution in [0, 0.1) is 0 Å². The number of sulfonamides is 1. The normalized spacial score (nSPS) is 21.0. The van der Waals surface area contributed by atoms with Crippen LogP contribution in [-0.4, -0.2) is 63.3 Å². The third-order valence-electron chi connectivity index (χ3n) is 3.91. The Labute approximate surface area is 131 Å². The van der Waals surface area contributed by atoms with Crippen molar-refractivity contribution in [1.82, 2.24) is 9.21 Å². The second kappa shape index (κ2) is 7.69. The number of hydrogen-bond acceptors (Lipinski definition) is 5. The molecule has 0 spiro atoms. The van der Waals surface area contributed by atoms with Crippen molar-refractivity contribution in [3.8, 4) is 0 Å². The van der Waals surface area contributed by atoms with E-state index < -0.39 is 10.0 Å².